The lowest BCUT2D eigenvalue weighted by atomic mass is 9.96. The number of fused-ring (bicyclic) bond motifs is 1. The molecule has 1 aromatic carbocycles. The normalized spacial score (nSPS) is 15.8. The van der Waals surface area contributed by atoms with Crippen molar-refractivity contribution in [3.8, 4) is 5.75 Å². The average Bonchev–Trinajstić information content (AvgIpc) is 2.24. The van der Waals surface area contributed by atoms with Crippen molar-refractivity contribution >= 4 is 16.6 Å². The van der Waals surface area contributed by atoms with Gasteiger partial charge in [0.1, 0.15) is 5.75 Å². The number of pyridine rings is 1. The van der Waals surface area contributed by atoms with Gasteiger partial charge in [0.2, 0.25) is 0 Å². The van der Waals surface area contributed by atoms with Crippen LogP contribution in [0.25, 0.3) is 10.9 Å². The zero-order chi connectivity index (χ0) is 11.8. The van der Waals surface area contributed by atoms with Gasteiger partial charge in [0.15, 0.2) is 0 Å². The number of nitrogen functional groups attached to an aromatic ring is 1. The van der Waals surface area contributed by atoms with E-state index in [0.717, 1.165) is 40.9 Å². The van der Waals surface area contributed by atoms with Crippen LogP contribution >= 0.6 is 0 Å². The lowest BCUT2D eigenvalue weighted by molar-refractivity contribution is 0.122. The number of benzene rings is 1. The van der Waals surface area contributed by atoms with Crippen LogP contribution in [0.2, 0.25) is 0 Å². The molecule has 1 saturated carbocycles. The first-order chi connectivity index (χ1) is 8.22. The Bertz CT molecular complexity index is 561. The van der Waals surface area contributed by atoms with Crippen molar-refractivity contribution < 1.29 is 4.74 Å². The highest BCUT2D eigenvalue weighted by Crippen LogP contribution is 2.31. The Hall–Kier alpha value is -1.77. The molecular weight excluding hydrogens is 212 g/mol. The number of hydrogen-bond acceptors (Lipinski definition) is 3. The quantitative estimate of drug-likeness (QED) is 0.804. The zero-order valence-corrected chi connectivity index (χ0v) is 9.94. The summed E-state index contributed by atoms with van der Waals surface area (Å²) in [5.41, 5.74) is 8.51. The van der Waals surface area contributed by atoms with Gasteiger partial charge in [0, 0.05) is 22.8 Å². The molecule has 0 amide bonds. The monoisotopic (exact) mass is 228 g/mol. The van der Waals surface area contributed by atoms with Crippen molar-refractivity contribution in [2.24, 2.45) is 0 Å². The number of anilines is 1. The molecule has 1 aliphatic carbocycles. The van der Waals surface area contributed by atoms with Crippen LogP contribution in [0.15, 0.2) is 24.3 Å². The van der Waals surface area contributed by atoms with Crippen molar-refractivity contribution in [1.29, 1.82) is 0 Å². The fraction of sp³-hybridized carbons (Fsp3) is 0.357. The highest BCUT2D eigenvalue weighted by Gasteiger charge is 2.20. The van der Waals surface area contributed by atoms with Crippen molar-refractivity contribution in [2.75, 3.05) is 5.73 Å². The summed E-state index contributed by atoms with van der Waals surface area (Å²) in [7, 11) is 0. The van der Waals surface area contributed by atoms with Gasteiger partial charge in [-0.05, 0) is 44.4 Å². The van der Waals surface area contributed by atoms with Crippen LogP contribution in [0.3, 0.4) is 0 Å². The van der Waals surface area contributed by atoms with Gasteiger partial charge in [-0.15, -0.1) is 0 Å². The van der Waals surface area contributed by atoms with Crippen molar-refractivity contribution in [3.05, 3.63) is 30.0 Å². The predicted molar refractivity (Wildman–Crippen MR) is 69.2 cm³/mol. The highest BCUT2D eigenvalue weighted by atomic mass is 16.5. The number of nitrogens with two attached hydrogens (primary N) is 1. The maximum Gasteiger partial charge on any atom is 0.130 e. The van der Waals surface area contributed by atoms with Crippen molar-refractivity contribution in [3.63, 3.8) is 0 Å². The molecular formula is C14H16N2O. The van der Waals surface area contributed by atoms with Crippen molar-refractivity contribution in [2.45, 2.75) is 32.3 Å². The molecule has 0 aliphatic heterocycles. The summed E-state index contributed by atoms with van der Waals surface area (Å²) in [6, 6.07) is 7.77. The fourth-order valence-electron chi connectivity index (χ4n) is 2.10. The van der Waals surface area contributed by atoms with Gasteiger partial charge in [0.25, 0.3) is 0 Å². The summed E-state index contributed by atoms with van der Waals surface area (Å²) in [6.45, 7) is 1.99. The standard InChI is InChI=1S/C14H16N2O/c1-9-7-14(17-11-3-2-4-11)12-8-10(15)5-6-13(12)16-9/h5-8,11H,2-4,15H2,1H3. The van der Waals surface area contributed by atoms with E-state index in [1.165, 1.54) is 6.42 Å². The largest absolute Gasteiger partial charge is 0.490 e. The van der Waals surface area contributed by atoms with Crippen LogP contribution in [-0.4, -0.2) is 11.1 Å². The molecule has 0 bridgehead atoms. The van der Waals surface area contributed by atoms with Gasteiger partial charge in [-0.25, -0.2) is 0 Å². The van der Waals surface area contributed by atoms with E-state index < -0.39 is 0 Å². The molecule has 0 unspecified atom stereocenters. The predicted octanol–water partition coefficient (Wildman–Crippen LogP) is 3.06. The van der Waals surface area contributed by atoms with Crippen LogP contribution in [0.1, 0.15) is 25.0 Å². The third-order valence-corrected chi connectivity index (χ3v) is 3.27. The molecule has 1 fully saturated rings. The summed E-state index contributed by atoms with van der Waals surface area (Å²) in [5.74, 6) is 0.921. The number of hydrogen-bond donors (Lipinski definition) is 1. The van der Waals surface area contributed by atoms with E-state index in [0.29, 0.717) is 6.10 Å². The summed E-state index contributed by atoms with van der Waals surface area (Å²) < 4.78 is 6.00. The molecule has 1 aliphatic rings. The van der Waals surface area contributed by atoms with Gasteiger partial charge in [-0.2, -0.15) is 0 Å². The molecule has 0 saturated heterocycles. The smallest absolute Gasteiger partial charge is 0.130 e. The number of nitrogens with zero attached hydrogens (tertiary/aromatic N) is 1. The summed E-state index contributed by atoms with van der Waals surface area (Å²) in [5, 5.41) is 1.02. The topological polar surface area (TPSA) is 48.1 Å². The van der Waals surface area contributed by atoms with E-state index in [-0.39, 0.29) is 0 Å². The number of ether oxygens (including phenoxy) is 1. The first-order valence-corrected chi connectivity index (χ1v) is 6.06. The molecule has 1 aromatic heterocycles. The Morgan fingerprint density at radius 2 is 2.12 bits per heavy atom. The van der Waals surface area contributed by atoms with Crippen molar-refractivity contribution in [1.82, 2.24) is 4.98 Å². The van der Waals surface area contributed by atoms with E-state index in [2.05, 4.69) is 4.98 Å². The second kappa shape index (κ2) is 3.91. The lowest BCUT2D eigenvalue weighted by Crippen LogP contribution is -2.24. The zero-order valence-electron chi connectivity index (χ0n) is 9.94. The summed E-state index contributed by atoms with van der Waals surface area (Å²) >= 11 is 0. The molecule has 2 N–H and O–H groups in total. The second-order valence-electron chi connectivity index (χ2n) is 4.71. The summed E-state index contributed by atoms with van der Waals surface area (Å²) in [4.78, 5) is 4.49. The molecule has 3 rings (SSSR count). The maximum absolute atomic E-state index is 6.00. The average molecular weight is 228 g/mol. The van der Waals surface area contributed by atoms with E-state index in [9.17, 15) is 0 Å². The minimum atomic E-state index is 0.376. The first kappa shape index (κ1) is 10.4. The number of aryl methyl sites for hydroxylation is 1. The Morgan fingerprint density at radius 3 is 2.82 bits per heavy atom. The molecule has 3 nitrogen and oxygen atoms in total. The van der Waals surface area contributed by atoms with Crippen LogP contribution in [0.4, 0.5) is 5.69 Å². The molecule has 1 heterocycles. The molecule has 0 atom stereocenters. The lowest BCUT2D eigenvalue weighted by Gasteiger charge is -2.27. The Morgan fingerprint density at radius 1 is 1.29 bits per heavy atom. The molecule has 88 valence electrons. The maximum atomic E-state index is 6.00. The Kier molecular flexibility index (Phi) is 2.39. The third-order valence-electron chi connectivity index (χ3n) is 3.27. The molecule has 17 heavy (non-hydrogen) atoms. The van der Waals surface area contributed by atoms with Gasteiger partial charge in [-0.3, -0.25) is 4.98 Å². The van der Waals surface area contributed by atoms with Gasteiger partial charge in [0.05, 0.1) is 11.6 Å². The SMILES string of the molecule is Cc1cc(OC2CCC2)c2cc(N)ccc2n1. The highest BCUT2D eigenvalue weighted by molar-refractivity contribution is 5.87. The minimum Gasteiger partial charge on any atom is -0.490 e. The van der Waals surface area contributed by atoms with Gasteiger partial charge in [-0.1, -0.05) is 0 Å². The van der Waals surface area contributed by atoms with Crippen LogP contribution in [0.5, 0.6) is 5.75 Å². The first-order valence-electron chi connectivity index (χ1n) is 6.06. The van der Waals surface area contributed by atoms with Gasteiger partial charge < -0.3 is 10.5 Å². The third kappa shape index (κ3) is 1.93. The summed E-state index contributed by atoms with van der Waals surface area (Å²) in [6.07, 6.45) is 3.96. The van der Waals surface area contributed by atoms with E-state index in [1.807, 2.05) is 31.2 Å². The van der Waals surface area contributed by atoms with Crippen LogP contribution in [-0.2, 0) is 0 Å². The van der Waals surface area contributed by atoms with Gasteiger partial charge >= 0.3 is 0 Å². The molecule has 3 heteroatoms. The molecule has 0 radical (unpaired) electrons. The number of aromatic nitrogens is 1. The van der Waals surface area contributed by atoms with E-state index >= 15 is 0 Å². The molecule has 2 aromatic rings. The van der Waals surface area contributed by atoms with E-state index in [4.69, 9.17) is 10.5 Å². The van der Waals surface area contributed by atoms with Crippen LogP contribution < -0.4 is 10.5 Å². The van der Waals surface area contributed by atoms with E-state index in [1.54, 1.807) is 0 Å². The second-order valence-corrected chi connectivity index (χ2v) is 4.71. The minimum absolute atomic E-state index is 0.376. The van der Waals surface area contributed by atoms with Crippen LogP contribution in [0, 0.1) is 6.92 Å². The fourth-order valence-corrected chi connectivity index (χ4v) is 2.10. The Balaban J connectivity index is 2.09. The Labute approximate surface area is 101 Å². The molecule has 0 spiro atoms. The number of rotatable bonds is 2.